The Balaban J connectivity index is 2.23. The maximum absolute atomic E-state index is 13.9. The van der Waals surface area contributed by atoms with Gasteiger partial charge in [0.15, 0.2) is 9.84 Å². The first kappa shape index (κ1) is 13.5. The summed E-state index contributed by atoms with van der Waals surface area (Å²) in [5, 5.41) is -0.293. The van der Waals surface area contributed by atoms with E-state index < -0.39 is 15.7 Å². The Kier molecular flexibility index (Phi) is 4.02. The Morgan fingerprint density at radius 3 is 2.44 bits per heavy atom. The summed E-state index contributed by atoms with van der Waals surface area (Å²) in [5.41, 5.74) is 6.03. The van der Waals surface area contributed by atoms with Crippen molar-refractivity contribution in [1.82, 2.24) is 0 Å². The van der Waals surface area contributed by atoms with E-state index in [9.17, 15) is 12.8 Å². The average Bonchev–Trinajstić information content (AvgIpc) is 2.86. The fraction of sp³-hybridized carbons (Fsp3) is 0.538. The molecule has 2 rings (SSSR count). The van der Waals surface area contributed by atoms with Gasteiger partial charge in [0.25, 0.3) is 0 Å². The van der Waals surface area contributed by atoms with Gasteiger partial charge in [0.05, 0.1) is 11.0 Å². The second kappa shape index (κ2) is 5.36. The van der Waals surface area contributed by atoms with Crippen molar-refractivity contribution in [3.8, 4) is 0 Å². The standard InChI is InChI=1S/C13H18FNO2S/c14-13-10(8-15)4-3-5-11(13)9-18(16,17)12-6-1-2-7-12/h3-5,12H,1-2,6-9,15H2. The number of benzene rings is 1. The molecule has 2 N–H and O–H groups in total. The SMILES string of the molecule is NCc1cccc(CS(=O)(=O)C2CCCC2)c1F. The zero-order valence-electron chi connectivity index (χ0n) is 10.2. The van der Waals surface area contributed by atoms with Crippen molar-refractivity contribution in [1.29, 1.82) is 0 Å². The lowest BCUT2D eigenvalue weighted by molar-refractivity contribution is 0.570. The molecule has 1 aliphatic rings. The second-order valence-corrected chi connectivity index (χ2v) is 7.09. The molecule has 1 aromatic rings. The minimum atomic E-state index is -3.24. The summed E-state index contributed by atoms with van der Waals surface area (Å²) in [6.45, 7) is 0.0865. The largest absolute Gasteiger partial charge is 0.326 e. The van der Waals surface area contributed by atoms with Crippen LogP contribution in [0.1, 0.15) is 36.8 Å². The Morgan fingerprint density at radius 2 is 1.83 bits per heavy atom. The van der Waals surface area contributed by atoms with Crippen LogP contribution >= 0.6 is 0 Å². The van der Waals surface area contributed by atoms with E-state index in [4.69, 9.17) is 5.73 Å². The summed E-state index contributed by atoms with van der Waals surface area (Å²) in [7, 11) is -3.24. The summed E-state index contributed by atoms with van der Waals surface area (Å²) in [4.78, 5) is 0. The van der Waals surface area contributed by atoms with Crippen LogP contribution in [0, 0.1) is 5.82 Å². The smallest absolute Gasteiger partial charge is 0.157 e. The molecule has 0 saturated heterocycles. The van der Waals surface area contributed by atoms with Gasteiger partial charge in [-0.15, -0.1) is 0 Å². The van der Waals surface area contributed by atoms with Gasteiger partial charge in [-0.2, -0.15) is 0 Å². The van der Waals surface area contributed by atoms with Gasteiger partial charge in [-0.3, -0.25) is 0 Å². The molecule has 0 aromatic heterocycles. The zero-order valence-corrected chi connectivity index (χ0v) is 11.0. The third kappa shape index (κ3) is 2.72. The maximum atomic E-state index is 13.9. The van der Waals surface area contributed by atoms with Gasteiger partial charge in [0.1, 0.15) is 5.82 Å². The Hall–Kier alpha value is -0.940. The molecule has 0 aliphatic heterocycles. The zero-order chi connectivity index (χ0) is 13.2. The first-order chi connectivity index (χ1) is 8.54. The first-order valence-corrected chi connectivity index (χ1v) is 7.94. The number of hydrogen-bond acceptors (Lipinski definition) is 3. The molecule has 0 radical (unpaired) electrons. The van der Waals surface area contributed by atoms with E-state index in [1.807, 2.05) is 0 Å². The second-order valence-electron chi connectivity index (χ2n) is 4.81. The highest BCUT2D eigenvalue weighted by Crippen LogP contribution is 2.28. The van der Waals surface area contributed by atoms with E-state index in [1.54, 1.807) is 12.1 Å². The summed E-state index contributed by atoms with van der Waals surface area (Å²) in [6.07, 6.45) is 3.32. The van der Waals surface area contributed by atoms with Gasteiger partial charge in [-0.25, -0.2) is 12.8 Å². The van der Waals surface area contributed by atoms with Crippen LogP contribution in [0.25, 0.3) is 0 Å². The Labute approximate surface area is 107 Å². The lowest BCUT2D eigenvalue weighted by Gasteiger charge is -2.12. The molecular weight excluding hydrogens is 253 g/mol. The number of halogens is 1. The van der Waals surface area contributed by atoms with Crippen LogP contribution < -0.4 is 5.73 Å². The molecule has 3 nitrogen and oxygen atoms in total. The molecule has 1 aliphatic carbocycles. The van der Waals surface area contributed by atoms with Crippen LogP contribution in [0.4, 0.5) is 4.39 Å². The van der Waals surface area contributed by atoms with Gasteiger partial charge in [-0.1, -0.05) is 31.0 Å². The monoisotopic (exact) mass is 271 g/mol. The summed E-state index contributed by atoms with van der Waals surface area (Å²) in [5.74, 6) is -0.682. The molecule has 100 valence electrons. The van der Waals surface area contributed by atoms with Crippen molar-refractivity contribution in [2.75, 3.05) is 0 Å². The summed E-state index contributed by atoms with van der Waals surface area (Å²) < 4.78 is 38.3. The first-order valence-electron chi connectivity index (χ1n) is 6.22. The van der Waals surface area contributed by atoms with E-state index in [0.717, 1.165) is 12.8 Å². The van der Waals surface area contributed by atoms with Gasteiger partial charge in [0, 0.05) is 17.7 Å². The molecule has 0 heterocycles. The highest BCUT2D eigenvalue weighted by atomic mass is 32.2. The fourth-order valence-electron chi connectivity index (χ4n) is 2.48. The molecule has 0 atom stereocenters. The van der Waals surface area contributed by atoms with Crippen molar-refractivity contribution in [3.63, 3.8) is 0 Å². The molecule has 1 saturated carbocycles. The molecule has 5 heteroatoms. The van der Waals surface area contributed by atoms with Crippen molar-refractivity contribution in [2.24, 2.45) is 5.73 Å². The fourth-order valence-corrected chi connectivity index (χ4v) is 4.43. The molecular formula is C13H18FNO2S. The van der Waals surface area contributed by atoms with Crippen LogP contribution in [0.15, 0.2) is 18.2 Å². The van der Waals surface area contributed by atoms with Crippen molar-refractivity contribution >= 4 is 9.84 Å². The van der Waals surface area contributed by atoms with Crippen molar-refractivity contribution < 1.29 is 12.8 Å². The topological polar surface area (TPSA) is 60.2 Å². The number of sulfone groups is 1. The molecule has 18 heavy (non-hydrogen) atoms. The minimum absolute atomic E-state index is 0.0865. The highest BCUT2D eigenvalue weighted by molar-refractivity contribution is 7.91. The van der Waals surface area contributed by atoms with E-state index in [2.05, 4.69) is 0 Å². The minimum Gasteiger partial charge on any atom is -0.326 e. The van der Waals surface area contributed by atoms with Gasteiger partial charge < -0.3 is 5.73 Å². The molecule has 1 aromatic carbocycles. The van der Waals surface area contributed by atoms with Gasteiger partial charge >= 0.3 is 0 Å². The number of rotatable bonds is 4. The molecule has 0 spiro atoms. The Morgan fingerprint density at radius 1 is 1.22 bits per heavy atom. The van der Waals surface area contributed by atoms with Crippen LogP contribution in [0.3, 0.4) is 0 Å². The van der Waals surface area contributed by atoms with E-state index >= 15 is 0 Å². The average molecular weight is 271 g/mol. The predicted molar refractivity (Wildman–Crippen MR) is 69.2 cm³/mol. The molecule has 0 unspecified atom stereocenters. The third-order valence-electron chi connectivity index (χ3n) is 3.55. The summed E-state index contributed by atoms with van der Waals surface area (Å²) in [6, 6.07) is 4.77. The molecule has 0 bridgehead atoms. The summed E-state index contributed by atoms with van der Waals surface area (Å²) >= 11 is 0. The lowest BCUT2D eigenvalue weighted by Crippen LogP contribution is -2.20. The lowest BCUT2D eigenvalue weighted by atomic mass is 10.1. The van der Waals surface area contributed by atoms with Gasteiger partial charge in [0.2, 0.25) is 0 Å². The van der Waals surface area contributed by atoms with Crippen LogP contribution in [-0.2, 0) is 22.1 Å². The van der Waals surface area contributed by atoms with Crippen LogP contribution in [0.5, 0.6) is 0 Å². The molecule has 0 amide bonds. The molecule has 1 fully saturated rings. The maximum Gasteiger partial charge on any atom is 0.157 e. The van der Waals surface area contributed by atoms with Gasteiger partial charge in [-0.05, 0) is 12.8 Å². The number of hydrogen-bond donors (Lipinski definition) is 1. The predicted octanol–water partition coefficient (Wildman–Crippen LogP) is 2.14. The Bertz CT molecular complexity index is 522. The quantitative estimate of drug-likeness (QED) is 0.912. The van der Waals surface area contributed by atoms with E-state index in [-0.39, 0.29) is 23.1 Å². The highest BCUT2D eigenvalue weighted by Gasteiger charge is 2.29. The number of nitrogens with two attached hydrogens (primary N) is 1. The van der Waals surface area contributed by atoms with Crippen molar-refractivity contribution in [2.45, 2.75) is 43.2 Å². The van der Waals surface area contributed by atoms with E-state index in [1.165, 1.54) is 6.07 Å². The normalized spacial score (nSPS) is 17.2. The third-order valence-corrected chi connectivity index (χ3v) is 5.75. The van der Waals surface area contributed by atoms with Crippen LogP contribution in [0.2, 0.25) is 0 Å². The van der Waals surface area contributed by atoms with E-state index in [0.29, 0.717) is 18.4 Å². The van der Waals surface area contributed by atoms with Crippen LogP contribution in [-0.4, -0.2) is 13.7 Å². The van der Waals surface area contributed by atoms with Crippen molar-refractivity contribution in [3.05, 3.63) is 35.1 Å².